The van der Waals surface area contributed by atoms with Crippen LogP contribution in [0.5, 0.6) is 0 Å². The Morgan fingerprint density at radius 2 is 2.19 bits per heavy atom. The maximum atomic E-state index is 12.8. The summed E-state index contributed by atoms with van der Waals surface area (Å²) in [4.78, 5) is 30.8. The minimum atomic E-state index is -4.74. The molecule has 0 saturated carbocycles. The fourth-order valence-electron chi connectivity index (χ4n) is 3.19. The van der Waals surface area contributed by atoms with Crippen molar-refractivity contribution in [1.82, 2.24) is 20.4 Å². The Labute approximate surface area is 183 Å². The van der Waals surface area contributed by atoms with Crippen molar-refractivity contribution in [2.75, 3.05) is 33.4 Å². The number of hydrogen-bond acceptors (Lipinski definition) is 8. The van der Waals surface area contributed by atoms with Crippen LogP contribution in [0.25, 0.3) is 10.7 Å². The molecule has 14 heteroatoms. The van der Waals surface area contributed by atoms with Gasteiger partial charge in [-0.3, -0.25) is 9.59 Å². The van der Waals surface area contributed by atoms with Crippen LogP contribution in [0.2, 0.25) is 0 Å². The number of carbonyl (C=O) groups is 2. The van der Waals surface area contributed by atoms with Crippen LogP contribution in [0.4, 0.5) is 13.2 Å². The fraction of sp³-hybridized carbons (Fsp3) is 0.444. The highest BCUT2D eigenvalue weighted by molar-refractivity contribution is 7.17. The number of aromatic nitrogens is 2. The molecular weight excluding hydrogens is 453 g/mol. The van der Waals surface area contributed by atoms with E-state index in [4.69, 9.17) is 4.74 Å². The third kappa shape index (κ3) is 4.70. The molecule has 1 atom stereocenters. The number of ether oxygens (including phenoxy) is 1. The van der Waals surface area contributed by atoms with Crippen molar-refractivity contribution in [3.8, 4) is 10.7 Å². The molecule has 0 aromatic carbocycles. The largest absolute Gasteiger partial charge is 0.471 e. The molecule has 170 valence electrons. The molecular formula is C18H18F3N6O4S+. The predicted molar refractivity (Wildman–Crippen MR) is 106 cm³/mol. The topological polar surface area (TPSA) is 113 Å². The third-order valence-electron chi connectivity index (χ3n) is 4.78. The van der Waals surface area contributed by atoms with Gasteiger partial charge in [0.05, 0.1) is 35.4 Å². The highest BCUT2D eigenvalue weighted by Gasteiger charge is 2.39. The van der Waals surface area contributed by atoms with E-state index in [1.807, 2.05) is 0 Å². The maximum absolute atomic E-state index is 12.8. The quantitative estimate of drug-likeness (QED) is 0.657. The maximum Gasteiger partial charge on any atom is 0.471 e. The van der Waals surface area contributed by atoms with E-state index in [9.17, 15) is 22.8 Å². The Morgan fingerprint density at radius 1 is 1.38 bits per heavy atom. The second kappa shape index (κ2) is 8.78. The highest BCUT2D eigenvalue weighted by Crippen LogP contribution is 2.31. The molecule has 1 unspecified atom stereocenters. The van der Waals surface area contributed by atoms with E-state index in [0.29, 0.717) is 25.3 Å². The van der Waals surface area contributed by atoms with E-state index in [1.54, 1.807) is 22.8 Å². The number of hydrogen-bond donors (Lipinski definition) is 1. The average Bonchev–Trinajstić information content (AvgIpc) is 3.51. The average molecular weight is 471 g/mol. The zero-order chi connectivity index (χ0) is 22.9. The summed E-state index contributed by atoms with van der Waals surface area (Å²) >= 11 is 0.927. The Bertz CT molecular complexity index is 1090. The van der Waals surface area contributed by atoms with Crippen LogP contribution in [0, 0.1) is 0 Å². The lowest BCUT2D eigenvalue weighted by Crippen LogP contribution is -2.55. The van der Waals surface area contributed by atoms with Crippen LogP contribution in [-0.2, 0) is 15.7 Å². The molecule has 0 aliphatic carbocycles. The van der Waals surface area contributed by atoms with Crippen molar-refractivity contribution in [1.29, 1.82) is 0 Å². The Kier molecular flexibility index (Phi) is 6.06. The summed E-state index contributed by atoms with van der Waals surface area (Å²) in [5, 5.41) is 10.2. The first-order valence-electron chi connectivity index (χ1n) is 9.54. The summed E-state index contributed by atoms with van der Waals surface area (Å²) in [5.74, 6) is -2.35. The molecule has 2 aliphatic rings. The Morgan fingerprint density at radius 3 is 2.88 bits per heavy atom. The fourth-order valence-corrected chi connectivity index (χ4v) is 4.04. The van der Waals surface area contributed by atoms with Crippen LogP contribution in [-0.4, -0.2) is 82.9 Å². The minimum Gasteiger partial charge on any atom is -0.377 e. The summed E-state index contributed by atoms with van der Waals surface area (Å²) in [6.45, 7) is 1.18. The summed E-state index contributed by atoms with van der Waals surface area (Å²) < 4.78 is 49.1. The number of thiophene rings is 1. The molecule has 2 aromatic heterocycles. The molecule has 2 amide bonds. The standard InChI is InChI=1S/C18H17F3N6O4S/c1-26-5-4-11(24-26)16(29)27-6-7-30-9-10(27)8-22-15(28)13-3-2-12(32-13)14-23-17(31-25-14)18(19,20)21/h2-3,5,10H,4,6-9H2,1H3/p+1. The van der Waals surface area contributed by atoms with Gasteiger partial charge in [0.15, 0.2) is 19.0 Å². The van der Waals surface area contributed by atoms with Crippen LogP contribution in [0.15, 0.2) is 21.8 Å². The van der Waals surface area contributed by atoms with Gasteiger partial charge >= 0.3 is 12.1 Å². The smallest absolute Gasteiger partial charge is 0.377 e. The molecule has 0 radical (unpaired) electrons. The van der Waals surface area contributed by atoms with Gasteiger partial charge in [0, 0.05) is 18.2 Å². The number of nitrogens with one attached hydrogen (secondary N) is 1. The van der Waals surface area contributed by atoms with Gasteiger partial charge in [0.1, 0.15) is 0 Å². The highest BCUT2D eigenvalue weighted by atomic mass is 32.1. The molecule has 32 heavy (non-hydrogen) atoms. The summed E-state index contributed by atoms with van der Waals surface area (Å²) in [6.07, 6.45) is -2.51. The normalized spacial score (nSPS) is 19.0. The van der Waals surface area contributed by atoms with Gasteiger partial charge < -0.3 is 19.5 Å². The van der Waals surface area contributed by atoms with E-state index in [1.165, 1.54) is 12.1 Å². The van der Waals surface area contributed by atoms with Crippen LogP contribution in [0.1, 0.15) is 22.0 Å². The lowest BCUT2D eigenvalue weighted by atomic mass is 10.1. The Balaban J connectivity index is 1.38. The molecule has 0 spiro atoms. The zero-order valence-corrected chi connectivity index (χ0v) is 17.6. The monoisotopic (exact) mass is 471 g/mol. The number of hydrazone groups is 1. The van der Waals surface area contributed by atoms with Crippen molar-refractivity contribution < 1.29 is 36.7 Å². The summed E-state index contributed by atoms with van der Waals surface area (Å²) in [5.41, 5.74) is 0.423. The van der Waals surface area contributed by atoms with Gasteiger partial charge in [-0.15, -0.1) is 11.3 Å². The Hall–Kier alpha value is -3.13. The molecule has 1 fully saturated rings. The van der Waals surface area contributed by atoms with Gasteiger partial charge in [0.25, 0.3) is 11.8 Å². The second-order valence-electron chi connectivity index (χ2n) is 7.03. The number of carbonyl (C=O) groups excluding carboxylic acids is 2. The summed E-state index contributed by atoms with van der Waals surface area (Å²) in [6, 6.07) is 2.52. The molecule has 10 nitrogen and oxygen atoms in total. The molecule has 4 heterocycles. The molecule has 2 aliphatic heterocycles. The van der Waals surface area contributed by atoms with Crippen molar-refractivity contribution in [2.24, 2.45) is 5.10 Å². The van der Waals surface area contributed by atoms with Crippen LogP contribution < -0.4 is 5.32 Å². The first kappa shape index (κ1) is 22.1. The molecule has 1 N–H and O–H groups in total. The van der Waals surface area contributed by atoms with Crippen molar-refractivity contribution >= 4 is 35.1 Å². The minimum absolute atomic E-state index is 0.144. The van der Waals surface area contributed by atoms with Crippen molar-refractivity contribution in [2.45, 2.75) is 18.6 Å². The number of halogens is 3. The van der Waals surface area contributed by atoms with Gasteiger partial charge in [-0.2, -0.15) is 18.2 Å². The number of rotatable bonds is 5. The van der Waals surface area contributed by atoms with Crippen molar-refractivity contribution in [3.05, 3.63) is 22.9 Å². The third-order valence-corrected chi connectivity index (χ3v) is 5.86. The molecule has 1 saturated heterocycles. The first-order chi connectivity index (χ1) is 15.2. The second-order valence-corrected chi connectivity index (χ2v) is 8.11. The SMILES string of the molecule is C[N+]1=CCC(C(=O)N2CCOCC2CNC(=O)c2ccc(-c3noc(C(F)(F)F)n3)s2)=N1. The lowest BCUT2D eigenvalue weighted by Gasteiger charge is -2.35. The van der Waals surface area contributed by atoms with Gasteiger partial charge in [-0.05, 0) is 12.1 Å². The molecule has 4 rings (SSSR count). The summed E-state index contributed by atoms with van der Waals surface area (Å²) in [7, 11) is 1.74. The van der Waals surface area contributed by atoms with E-state index in [2.05, 4.69) is 25.1 Å². The first-order valence-corrected chi connectivity index (χ1v) is 10.4. The van der Waals surface area contributed by atoms with Gasteiger partial charge in [-0.25, -0.2) is 0 Å². The zero-order valence-electron chi connectivity index (χ0n) is 16.8. The van der Waals surface area contributed by atoms with Crippen molar-refractivity contribution in [3.63, 3.8) is 0 Å². The van der Waals surface area contributed by atoms with E-state index in [-0.39, 0.29) is 40.7 Å². The van der Waals surface area contributed by atoms with E-state index < -0.39 is 18.0 Å². The van der Waals surface area contributed by atoms with Gasteiger partial charge in [0.2, 0.25) is 5.82 Å². The van der Waals surface area contributed by atoms with E-state index in [0.717, 1.165) is 11.3 Å². The van der Waals surface area contributed by atoms with Gasteiger partial charge in [-0.1, -0.05) is 9.84 Å². The molecule has 2 aromatic rings. The number of alkyl halides is 3. The predicted octanol–water partition coefficient (Wildman–Crippen LogP) is 1.25. The van der Waals surface area contributed by atoms with Crippen LogP contribution in [0.3, 0.4) is 0 Å². The number of morpholine rings is 1. The number of nitrogens with zero attached hydrogens (tertiary/aromatic N) is 5. The lowest BCUT2D eigenvalue weighted by molar-refractivity contribution is -0.494. The van der Waals surface area contributed by atoms with E-state index >= 15 is 0 Å². The number of amides is 2. The van der Waals surface area contributed by atoms with Crippen LogP contribution >= 0.6 is 11.3 Å². The molecule has 0 bridgehead atoms.